The van der Waals surface area contributed by atoms with Crippen molar-refractivity contribution in [1.29, 1.82) is 0 Å². The molecule has 5 rings (SSSR count). The van der Waals surface area contributed by atoms with Crippen molar-refractivity contribution in [2.24, 2.45) is 10.9 Å². The molecule has 4 aromatic rings. The lowest BCUT2D eigenvalue weighted by molar-refractivity contribution is 0.630. The number of nitrogens with one attached hydrogen (secondary N) is 1. The van der Waals surface area contributed by atoms with E-state index in [0.29, 0.717) is 15.9 Å². The van der Waals surface area contributed by atoms with E-state index >= 15 is 0 Å². The fraction of sp³-hybridized carbons (Fsp3) is 0.167. The van der Waals surface area contributed by atoms with Gasteiger partial charge in [-0.2, -0.15) is 0 Å². The second-order valence-corrected chi connectivity index (χ2v) is 8.59. The lowest BCUT2D eigenvalue weighted by atomic mass is 9.87. The van der Waals surface area contributed by atoms with E-state index < -0.39 is 5.82 Å². The Hall–Kier alpha value is -2.69. The van der Waals surface area contributed by atoms with Crippen molar-refractivity contribution >= 4 is 45.6 Å². The van der Waals surface area contributed by atoms with Crippen LogP contribution in [0, 0.1) is 18.7 Å². The minimum absolute atomic E-state index is 0.259. The molecule has 3 aromatic carbocycles. The molecule has 1 aliphatic heterocycles. The monoisotopic (exact) mass is 437 g/mol. The summed E-state index contributed by atoms with van der Waals surface area (Å²) in [5, 5.41) is 1.00. The molecule has 0 bridgehead atoms. The van der Waals surface area contributed by atoms with Gasteiger partial charge in [-0.05, 0) is 60.9 Å². The van der Waals surface area contributed by atoms with Crippen LogP contribution in [-0.2, 0) is 6.42 Å². The summed E-state index contributed by atoms with van der Waals surface area (Å²) in [6.07, 6.45) is 0.902. The Morgan fingerprint density at radius 3 is 2.73 bits per heavy atom. The second-order valence-electron chi connectivity index (χ2n) is 7.74. The number of halogens is 3. The first-order valence-electron chi connectivity index (χ1n) is 9.73. The average Bonchev–Trinajstić information content (AvgIpc) is 3.09. The van der Waals surface area contributed by atoms with Crippen molar-refractivity contribution in [1.82, 2.24) is 9.97 Å². The van der Waals surface area contributed by atoms with E-state index in [9.17, 15) is 4.39 Å². The zero-order valence-corrected chi connectivity index (χ0v) is 17.9. The molecule has 1 aromatic heterocycles. The number of aromatic nitrogens is 2. The summed E-state index contributed by atoms with van der Waals surface area (Å²) in [5.41, 5.74) is 7.10. The summed E-state index contributed by atoms with van der Waals surface area (Å²) in [5.74, 6) is 0.270. The van der Waals surface area contributed by atoms with Crippen LogP contribution < -0.4 is 0 Å². The third-order valence-corrected chi connectivity index (χ3v) is 6.13. The first-order valence-corrected chi connectivity index (χ1v) is 10.5. The van der Waals surface area contributed by atoms with Gasteiger partial charge in [0, 0.05) is 16.5 Å². The number of aryl methyl sites for hydroxylation is 1. The van der Waals surface area contributed by atoms with Gasteiger partial charge in [0.1, 0.15) is 11.6 Å². The van der Waals surface area contributed by atoms with Crippen LogP contribution in [0.25, 0.3) is 22.4 Å². The van der Waals surface area contributed by atoms with Crippen molar-refractivity contribution in [3.8, 4) is 11.4 Å². The van der Waals surface area contributed by atoms with Crippen molar-refractivity contribution in [3.63, 3.8) is 0 Å². The van der Waals surface area contributed by atoms with Crippen LogP contribution in [-0.4, -0.2) is 15.7 Å². The lowest BCUT2D eigenvalue weighted by Crippen LogP contribution is -2.19. The molecule has 0 aliphatic carbocycles. The molecule has 1 aliphatic rings. The van der Waals surface area contributed by atoms with Crippen LogP contribution in [0.1, 0.15) is 23.6 Å². The van der Waals surface area contributed by atoms with Crippen LogP contribution in [0.3, 0.4) is 0 Å². The summed E-state index contributed by atoms with van der Waals surface area (Å²) in [6, 6.07) is 14.5. The number of rotatable bonds is 2. The molecule has 0 saturated heterocycles. The Balaban J connectivity index is 1.65. The van der Waals surface area contributed by atoms with E-state index in [4.69, 9.17) is 28.2 Å². The van der Waals surface area contributed by atoms with Gasteiger partial charge in [-0.3, -0.25) is 4.99 Å². The fourth-order valence-electron chi connectivity index (χ4n) is 4.09. The highest BCUT2D eigenvalue weighted by molar-refractivity contribution is 6.33. The number of H-pyrrole nitrogens is 1. The maximum absolute atomic E-state index is 14.4. The summed E-state index contributed by atoms with van der Waals surface area (Å²) in [7, 11) is 0. The Labute approximate surface area is 183 Å². The van der Waals surface area contributed by atoms with E-state index in [2.05, 4.69) is 16.9 Å². The van der Waals surface area contributed by atoms with Gasteiger partial charge in [0.05, 0.1) is 33.0 Å². The largest absolute Gasteiger partial charge is 0.338 e. The minimum Gasteiger partial charge on any atom is -0.338 e. The zero-order valence-electron chi connectivity index (χ0n) is 16.4. The van der Waals surface area contributed by atoms with Crippen molar-refractivity contribution < 1.29 is 4.39 Å². The molecule has 0 saturated carbocycles. The standard InChI is InChI=1S/C24H18Cl2FN3/c1-12-9-20-21(30-24(29-20)22-17(26)4-3-5-18(22)27)11-16(12)23-13(2)8-14-6-7-15(25)10-19(14)28-23/h3-7,9-11,13H,8H2,1-2H3,(H,29,30). The number of fused-ring (bicyclic) bond motifs is 2. The van der Waals surface area contributed by atoms with Crippen molar-refractivity contribution in [2.45, 2.75) is 20.3 Å². The van der Waals surface area contributed by atoms with Gasteiger partial charge < -0.3 is 4.98 Å². The molecule has 2 heterocycles. The summed E-state index contributed by atoms with van der Waals surface area (Å²) >= 11 is 12.4. The number of aromatic amines is 1. The highest BCUT2D eigenvalue weighted by Crippen LogP contribution is 2.35. The van der Waals surface area contributed by atoms with Gasteiger partial charge in [-0.25, -0.2) is 9.37 Å². The number of nitrogens with zero attached hydrogens (tertiary/aromatic N) is 2. The first-order chi connectivity index (χ1) is 14.4. The third-order valence-electron chi connectivity index (χ3n) is 5.58. The van der Waals surface area contributed by atoms with Crippen LogP contribution in [0.15, 0.2) is 53.5 Å². The van der Waals surface area contributed by atoms with E-state index in [0.717, 1.165) is 40.0 Å². The van der Waals surface area contributed by atoms with Crippen LogP contribution in [0.4, 0.5) is 10.1 Å². The van der Waals surface area contributed by atoms with Gasteiger partial charge in [0.2, 0.25) is 0 Å². The smallest absolute Gasteiger partial charge is 0.142 e. The van der Waals surface area contributed by atoms with Crippen molar-refractivity contribution in [3.05, 3.63) is 81.1 Å². The zero-order chi connectivity index (χ0) is 21.0. The molecular weight excluding hydrogens is 420 g/mol. The number of hydrogen-bond donors (Lipinski definition) is 1. The molecule has 150 valence electrons. The molecule has 0 radical (unpaired) electrons. The predicted octanol–water partition coefficient (Wildman–Crippen LogP) is 7.30. The highest BCUT2D eigenvalue weighted by Gasteiger charge is 2.23. The molecule has 1 atom stereocenters. The molecule has 0 spiro atoms. The maximum atomic E-state index is 14.4. The van der Waals surface area contributed by atoms with E-state index in [-0.39, 0.29) is 11.5 Å². The van der Waals surface area contributed by atoms with Crippen LogP contribution >= 0.6 is 23.2 Å². The Morgan fingerprint density at radius 2 is 1.93 bits per heavy atom. The first kappa shape index (κ1) is 19.3. The number of imidazole rings is 1. The number of benzene rings is 3. The van der Waals surface area contributed by atoms with Gasteiger partial charge in [0.25, 0.3) is 0 Å². The minimum atomic E-state index is -0.405. The molecule has 1 unspecified atom stereocenters. The number of hydrogen-bond acceptors (Lipinski definition) is 2. The SMILES string of the molecule is Cc1cc2[nH]c(-c3c(F)cccc3Cl)nc2cc1C1=Nc2cc(Cl)ccc2CC1C. The topological polar surface area (TPSA) is 41.0 Å². The lowest BCUT2D eigenvalue weighted by Gasteiger charge is -2.23. The van der Waals surface area contributed by atoms with Crippen LogP contribution in [0.5, 0.6) is 0 Å². The molecule has 3 nitrogen and oxygen atoms in total. The van der Waals surface area contributed by atoms with Crippen molar-refractivity contribution in [2.75, 3.05) is 0 Å². The van der Waals surface area contributed by atoms with Gasteiger partial charge in [-0.15, -0.1) is 0 Å². The molecule has 1 N–H and O–H groups in total. The quantitative estimate of drug-likeness (QED) is 0.351. The predicted molar refractivity (Wildman–Crippen MR) is 122 cm³/mol. The Morgan fingerprint density at radius 1 is 1.10 bits per heavy atom. The van der Waals surface area contributed by atoms with Gasteiger partial charge in [-0.1, -0.05) is 42.3 Å². The molecule has 30 heavy (non-hydrogen) atoms. The Bertz CT molecular complexity index is 1320. The summed E-state index contributed by atoms with van der Waals surface area (Å²) < 4.78 is 14.4. The molecule has 0 amide bonds. The summed E-state index contributed by atoms with van der Waals surface area (Å²) in [4.78, 5) is 12.8. The molecule has 0 fully saturated rings. The highest BCUT2D eigenvalue weighted by atomic mass is 35.5. The van der Waals surface area contributed by atoms with Crippen LogP contribution in [0.2, 0.25) is 10.0 Å². The van der Waals surface area contributed by atoms with Gasteiger partial charge in [0.15, 0.2) is 0 Å². The maximum Gasteiger partial charge on any atom is 0.142 e. The van der Waals surface area contributed by atoms with E-state index in [1.54, 1.807) is 12.1 Å². The Kier molecular flexibility index (Phi) is 4.64. The fourth-order valence-corrected chi connectivity index (χ4v) is 4.51. The molecule has 6 heteroatoms. The summed E-state index contributed by atoms with van der Waals surface area (Å²) in [6.45, 7) is 4.23. The van der Waals surface area contributed by atoms with E-state index in [1.165, 1.54) is 11.6 Å². The third kappa shape index (κ3) is 3.21. The second kappa shape index (κ2) is 7.22. The van der Waals surface area contributed by atoms with Gasteiger partial charge >= 0.3 is 0 Å². The van der Waals surface area contributed by atoms with E-state index in [1.807, 2.05) is 37.3 Å². The molecular formula is C24H18Cl2FN3. The number of aliphatic imine (C=N–C) groups is 1. The average molecular weight is 438 g/mol. The normalized spacial score (nSPS) is 15.9.